The van der Waals surface area contributed by atoms with Crippen molar-refractivity contribution >= 4 is 22.6 Å². The molecule has 3 nitrogen and oxygen atoms in total. The average Bonchev–Trinajstić information content (AvgIpc) is 3.35. The summed E-state index contributed by atoms with van der Waals surface area (Å²) in [5.74, 6) is 0.453. The van der Waals surface area contributed by atoms with Crippen molar-refractivity contribution in [3.8, 4) is 0 Å². The van der Waals surface area contributed by atoms with Gasteiger partial charge < -0.3 is 5.32 Å². The Morgan fingerprint density at radius 3 is 2.65 bits per heavy atom. The van der Waals surface area contributed by atoms with E-state index in [1.807, 2.05) is 31.3 Å². The number of nitrogens with one attached hydrogen (secondary N) is 1. The minimum absolute atomic E-state index is 0.453. The lowest BCUT2D eigenvalue weighted by molar-refractivity contribution is 0.768. The molecule has 1 aliphatic rings. The highest BCUT2D eigenvalue weighted by Crippen LogP contribution is 2.41. The number of rotatable bonds is 4. The van der Waals surface area contributed by atoms with E-state index in [2.05, 4.69) is 29.6 Å². The number of hydrogen-bond donors (Lipinski definition) is 1. The van der Waals surface area contributed by atoms with Crippen molar-refractivity contribution in [1.29, 1.82) is 0 Å². The molecule has 2 aromatic carbocycles. The van der Waals surface area contributed by atoms with Gasteiger partial charge in [-0.15, -0.1) is 0 Å². The first-order valence-corrected chi connectivity index (χ1v) is 8.29. The highest BCUT2D eigenvalue weighted by molar-refractivity contribution is 6.31. The normalized spacial score (nSPS) is 19.9. The van der Waals surface area contributed by atoms with Crippen LogP contribution < -0.4 is 5.32 Å². The molecule has 116 valence electrons. The fourth-order valence-electron chi connectivity index (χ4n) is 3.11. The van der Waals surface area contributed by atoms with Gasteiger partial charge in [-0.3, -0.25) is 0 Å². The number of halogens is 1. The van der Waals surface area contributed by atoms with Gasteiger partial charge in [-0.05, 0) is 37.2 Å². The highest BCUT2D eigenvalue weighted by Gasteiger charge is 2.40. The summed E-state index contributed by atoms with van der Waals surface area (Å²) in [5.41, 5.74) is 5.24. The zero-order valence-electron chi connectivity index (χ0n) is 13.0. The first-order chi connectivity index (χ1) is 11.2. The van der Waals surface area contributed by atoms with Crippen molar-refractivity contribution < 1.29 is 0 Å². The lowest BCUT2D eigenvalue weighted by atomic mass is 10.1. The van der Waals surface area contributed by atoms with Gasteiger partial charge in [0.05, 0.1) is 22.4 Å². The molecule has 0 saturated heterocycles. The lowest BCUT2D eigenvalue weighted by Crippen LogP contribution is -2.12. The molecule has 1 heterocycles. The van der Waals surface area contributed by atoms with E-state index in [4.69, 9.17) is 21.6 Å². The van der Waals surface area contributed by atoms with Gasteiger partial charge in [0.15, 0.2) is 0 Å². The molecular weight excluding hydrogens is 306 g/mol. The molecule has 0 radical (unpaired) electrons. The maximum atomic E-state index is 6.11. The molecule has 0 bridgehead atoms. The summed E-state index contributed by atoms with van der Waals surface area (Å²) >= 11 is 6.11. The molecule has 2 atom stereocenters. The molecule has 0 amide bonds. The van der Waals surface area contributed by atoms with Gasteiger partial charge in [-0.25, -0.2) is 9.97 Å². The van der Waals surface area contributed by atoms with Gasteiger partial charge >= 0.3 is 0 Å². The second kappa shape index (κ2) is 5.91. The molecule has 3 aromatic rings. The predicted molar refractivity (Wildman–Crippen MR) is 94.0 cm³/mol. The first-order valence-electron chi connectivity index (χ1n) is 7.92. The molecule has 2 unspecified atom stereocenters. The van der Waals surface area contributed by atoms with Crippen LogP contribution in [0.5, 0.6) is 0 Å². The Morgan fingerprint density at radius 2 is 1.91 bits per heavy atom. The number of aromatic nitrogens is 2. The topological polar surface area (TPSA) is 37.8 Å². The minimum atomic E-state index is 0.453. The van der Waals surface area contributed by atoms with Crippen LogP contribution in [0, 0.1) is 0 Å². The predicted octanol–water partition coefficient (Wildman–Crippen LogP) is 3.95. The quantitative estimate of drug-likeness (QED) is 0.790. The number of fused-ring (bicyclic) bond motifs is 1. The molecule has 4 heteroatoms. The second-order valence-electron chi connectivity index (χ2n) is 6.09. The molecule has 1 N–H and O–H groups in total. The van der Waals surface area contributed by atoms with Crippen LogP contribution in [0.3, 0.4) is 0 Å². The molecule has 0 aliphatic heterocycles. The Kier molecular flexibility index (Phi) is 3.76. The van der Waals surface area contributed by atoms with Crippen molar-refractivity contribution in [2.75, 3.05) is 7.05 Å². The van der Waals surface area contributed by atoms with Gasteiger partial charge in [0, 0.05) is 23.4 Å². The van der Waals surface area contributed by atoms with Gasteiger partial charge in [-0.2, -0.15) is 0 Å². The number of hydrogen-bond acceptors (Lipinski definition) is 3. The average molecular weight is 324 g/mol. The van der Waals surface area contributed by atoms with E-state index >= 15 is 0 Å². The monoisotopic (exact) mass is 323 g/mol. The van der Waals surface area contributed by atoms with Crippen molar-refractivity contribution in [3.63, 3.8) is 0 Å². The van der Waals surface area contributed by atoms with Gasteiger partial charge in [0.25, 0.3) is 0 Å². The third-order valence-corrected chi connectivity index (χ3v) is 4.69. The molecule has 1 saturated carbocycles. The van der Waals surface area contributed by atoms with Crippen LogP contribution in [0.25, 0.3) is 11.0 Å². The first kappa shape index (κ1) is 14.6. The molecule has 1 fully saturated rings. The van der Waals surface area contributed by atoms with Crippen LogP contribution in [0.1, 0.15) is 29.3 Å². The summed E-state index contributed by atoms with van der Waals surface area (Å²) in [6.45, 7) is 0. The molecule has 1 aliphatic carbocycles. The third-order valence-electron chi connectivity index (χ3n) is 4.46. The smallest absolute Gasteiger partial charge is 0.0905 e. The molecule has 23 heavy (non-hydrogen) atoms. The number of nitrogens with zero attached hydrogens (tertiary/aromatic N) is 2. The lowest BCUT2D eigenvalue weighted by Gasteiger charge is -2.10. The Labute approximate surface area is 140 Å². The number of likely N-dealkylation sites (N-methyl/N-ethyl adjacent to an activating group) is 1. The molecular formula is C19H18ClN3. The fourth-order valence-corrected chi connectivity index (χ4v) is 3.28. The van der Waals surface area contributed by atoms with Crippen molar-refractivity contribution in [2.45, 2.75) is 24.8 Å². The van der Waals surface area contributed by atoms with Crippen LogP contribution >= 0.6 is 11.6 Å². The van der Waals surface area contributed by atoms with E-state index < -0.39 is 0 Å². The van der Waals surface area contributed by atoms with Crippen molar-refractivity contribution in [1.82, 2.24) is 15.3 Å². The van der Waals surface area contributed by atoms with Crippen LogP contribution in [-0.2, 0) is 6.42 Å². The van der Waals surface area contributed by atoms with Crippen molar-refractivity contribution in [3.05, 3.63) is 70.5 Å². The Balaban J connectivity index is 1.80. The molecule has 1 aromatic heterocycles. The second-order valence-corrected chi connectivity index (χ2v) is 6.52. The third kappa shape index (κ3) is 2.94. The Bertz CT molecular complexity index is 848. The summed E-state index contributed by atoms with van der Waals surface area (Å²) < 4.78 is 0. The van der Waals surface area contributed by atoms with E-state index in [0.29, 0.717) is 17.0 Å². The minimum Gasteiger partial charge on any atom is -0.316 e. The summed E-state index contributed by atoms with van der Waals surface area (Å²) in [6.07, 6.45) is 1.94. The van der Waals surface area contributed by atoms with Gasteiger partial charge in [-0.1, -0.05) is 41.9 Å². The zero-order valence-corrected chi connectivity index (χ0v) is 13.7. The van der Waals surface area contributed by atoms with E-state index in [1.165, 1.54) is 5.56 Å². The van der Waals surface area contributed by atoms with E-state index in [9.17, 15) is 0 Å². The van der Waals surface area contributed by atoms with Crippen molar-refractivity contribution in [2.24, 2.45) is 0 Å². The van der Waals surface area contributed by atoms with E-state index in [1.54, 1.807) is 0 Å². The SMILES string of the molecule is CNC1CC1c1nc2cc(Cl)ccc2nc1Cc1ccccc1. The molecule has 0 spiro atoms. The van der Waals surface area contributed by atoms with Crippen LogP contribution in [-0.4, -0.2) is 23.1 Å². The zero-order chi connectivity index (χ0) is 15.8. The van der Waals surface area contributed by atoms with Gasteiger partial charge in [0.1, 0.15) is 0 Å². The summed E-state index contributed by atoms with van der Waals surface area (Å²) in [7, 11) is 2.01. The summed E-state index contributed by atoms with van der Waals surface area (Å²) in [4.78, 5) is 9.80. The van der Waals surface area contributed by atoms with Crippen LogP contribution in [0.4, 0.5) is 0 Å². The van der Waals surface area contributed by atoms with E-state index in [0.717, 1.165) is 35.3 Å². The highest BCUT2D eigenvalue weighted by atomic mass is 35.5. The van der Waals surface area contributed by atoms with E-state index in [-0.39, 0.29) is 0 Å². The summed E-state index contributed by atoms with van der Waals surface area (Å²) in [5, 5.41) is 4.05. The largest absolute Gasteiger partial charge is 0.316 e. The standard InChI is InChI=1S/C19H18ClN3/c1-21-16-11-14(16)19-18(9-12-5-3-2-4-6-12)22-15-8-7-13(20)10-17(15)23-19/h2-8,10,14,16,21H,9,11H2,1H3. The maximum Gasteiger partial charge on any atom is 0.0905 e. The van der Waals surface area contributed by atoms with Crippen LogP contribution in [0.15, 0.2) is 48.5 Å². The maximum absolute atomic E-state index is 6.11. The molecule has 4 rings (SSSR count). The van der Waals surface area contributed by atoms with Crippen LogP contribution in [0.2, 0.25) is 5.02 Å². The Hall–Kier alpha value is -1.97. The summed E-state index contributed by atoms with van der Waals surface area (Å²) in [6, 6.07) is 16.7. The number of benzene rings is 2. The Morgan fingerprint density at radius 1 is 1.09 bits per heavy atom. The fraction of sp³-hybridized carbons (Fsp3) is 0.263. The van der Waals surface area contributed by atoms with Gasteiger partial charge in [0.2, 0.25) is 0 Å².